The molecule has 3 heteroatoms. The third kappa shape index (κ3) is 4.60. The van der Waals surface area contributed by atoms with Crippen LogP contribution in [0.4, 0.5) is 0 Å². The first-order valence-corrected chi connectivity index (χ1v) is 7.29. The maximum atomic E-state index is 6.15. The van der Waals surface area contributed by atoms with Crippen LogP contribution in [0.2, 0.25) is 5.02 Å². The monoisotopic (exact) mass is 268 g/mol. The molecule has 0 amide bonds. The number of hydrogen-bond acceptors (Lipinski definition) is 2. The molecule has 1 rings (SSSR count). The van der Waals surface area contributed by atoms with Crippen LogP contribution in [-0.4, -0.2) is 0 Å². The van der Waals surface area contributed by atoms with Crippen molar-refractivity contribution in [2.45, 2.75) is 58.4 Å². The number of nitrogens with one attached hydrogen (secondary N) is 1. The van der Waals surface area contributed by atoms with E-state index in [2.05, 4.69) is 25.3 Å². The summed E-state index contributed by atoms with van der Waals surface area (Å²) >= 11 is 6.15. The van der Waals surface area contributed by atoms with Crippen molar-refractivity contribution in [3.05, 3.63) is 34.3 Å². The van der Waals surface area contributed by atoms with Gasteiger partial charge in [-0.15, -0.1) is 0 Å². The van der Waals surface area contributed by atoms with Crippen molar-refractivity contribution in [2.24, 2.45) is 5.84 Å². The minimum atomic E-state index is 0.213. The summed E-state index contributed by atoms with van der Waals surface area (Å²) in [5.41, 5.74) is 5.28. The van der Waals surface area contributed by atoms with Crippen LogP contribution in [-0.2, 0) is 0 Å². The number of nitrogens with two attached hydrogens (primary N) is 1. The second-order valence-electron chi connectivity index (χ2n) is 4.88. The van der Waals surface area contributed by atoms with E-state index in [0.29, 0.717) is 0 Å². The predicted molar refractivity (Wildman–Crippen MR) is 79.6 cm³/mol. The predicted octanol–water partition coefficient (Wildman–Crippen LogP) is 4.51. The number of benzene rings is 1. The van der Waals surface area contributed by atoms with Gasteiger partial charge in [0.2, 0.25) is 0 Å². The lowest BCUT2D eigenvalue weighted by atomic mass is 9.96. The molecule has 0 saturated carbocycles. The average Bonchev–Trinajstić information content (AvgIpc) is 2.38. The Morgan fingerprint density at radius 2 is 1.94 bits per heavy atom. The van der Waals surface area contributed by atoms with E-state index in [0.717, 1.165) is 17.0 Å². The fourth-order valence-corrected chi connectivity index (χ4v) is 2.46. The number of hydrogen-bond donors (Lipinski definition) is 2. The SMILES string of the molecule is CCCCCCCC(NN)c1cccc(Cl)c1C. The molecule has 18 heavy (non-hydrogen) atoms. The molecule has 0 spiro atoms. The molecule has 0 aromatic heterocycles. The molecular formula is C15H25ClN2. The lowest BCUT2D eigenvalue weighted by Crippen LogP contribution is -2.28. The summed E-state index contributed by atoms with van der Waals surface area (Å²) in [5.74, 6) is 5.67. The van der Waals surface area contributed by atoms with Crippen LogP contribution in [0, 0.1) is 6.92 Å². The van der Waals surface area contributed by atoms with Crippen LogP contribution in [0.1, 0.15) is 62.6 Å². The third-order valence-electron chi connectivity index (χ3n) is 3.48. The highest BCUT2D eigenvalue weighted by Gasteiger charge is 2.13. The number of hydrazine groups is 1. The fraction of sp³-hybridized carbons (Fsp3) is 0.600. The first kappa shape index (κ1) is 15.5. The van der Waals surface area contributed by atoms with Crippen LogP contribution < -0.4 is 11.3 Å². The maximum absolute atomic E-state index is 6.15. The first-order valence-electron chi connectivity index (χ1n) is 6.91. The molecule has 0 aliphatic rings. The molecule has 3 N–H and O–H groups in total. The van der Waals surface area contributed by atoms with Gasteiger partial charge in [0.05, 0.1) is 0 Å². The van der Waals surface area contributed by atoms with E-state index >= 15 is 0 Å². The van der Waals surface area contributed by atoms with Gasteiger partial charge in [0, 0.05) is 11.1 Å². The van der Waals surface area contributed by atoms with Gasteiger partial charge in [-0.1, -0.05) is 62.8 Å². The molecule has 1 unspecified atom stereocenters. The summed E-state index contributed by atoms with van der Waals surface area (Å²) in [7, 11) is 0. The largest absolute Gasteiger partial charge is 0.271 e. The Kier molecular flexibility index (Phi) is 7.33. The van der Waals surface area contributed by atoms with E-state index in [9.17, 15) is 0 Å². The van der Waals surface area contributed by atoms with E-state index in [1.807, 2.05) is 12.1 Å². The van der Waals surface area contributed by atoms with Gasteiger partial charge in [0.15, 0.2) is 0 Å². The molecule has 1 aromatic rings. The minimum Gasteiger partial charge on any atom is -0.271 e. The van der Waals surface area contributed by atoms with Gasteiger partial charge < -0.3 is 0 Å². The van der Waals surface area contributed by atoms with E-state index in [4.69, 9.17) is 17.4 Å². The Morgan fingerprint density at radius 1 is 1.22 bits per heavy atom. The molecule has 2 nitrogen and oxygen atoms in total. The van der Waals surface area contributed by atoms with Crippen molar-refractivity contribution in [3.63, 3.8) is 0 Å². The Hall–Kier alpha value is -0.570. The van der Waals surface area contributed by atoms with Crippen LogP contribution >= 0.6 is 11.6 Å². The number of halogens is 1. The van der Waals surface area contributed by atoms with Gasteiger partial charge in [-0.05, 0) is 30.5 Å². The van der Waals surface area contributed by atoms with Crippen molar-refractivity contribution in [1.29, 1.82) is 0 Å². The molecule has 1 aromatic carbocycles. The topological polar surface area (TPSA) is 38.0 Å². The summed E-state index contributed by atoms with van der Waals surface area (Å²) in [6, 6.07) is 6.24. The Labute approximate surface area is 116 Å². The van der Waals surface area contributed by atoms with E-state index in [1.54, 1.807) is 0 Å². The van der Waals surface area contributed by atoms with Gasteiger partial charge in [-0.25, -0.2) is 0 Å². The molecule has 0 aliphatic heterocycles. The molecular weight excluding hydrogens is 244 g/mol. The molecule has 1 atom stereocenters. The summed E-state index contributed by atoms with van der Waals surface area (Å²) in [6.45, 7) is 4.29. The van der Waals surface area contributed by atoms with Crippen molar-refractivity contribution in [1.82, 2.24) is 5.43 Å². The van der Waals surface area contributed by atoms with Crippen LogP contribution in [0.3, 0.4) is 0 Å². The summed E-state index contributed by atoms with van der Waals surface area (Å²) in [6.07, 6.45) is 7.50. The van der Waals surface area contributed by atoms with Gasteiger partial charge >= 0.3 is 0 Å². The van der Waals surface area contributed by atoms with Crippen LogP contribution in [0.15, 0.2) is 18.2 Å². The van der Waals surface area contributed by atoms with Crippen LogP contribution in [0.5, 0.6) is 0 Å². The lowest BCUT2D eigenvalue weighted by Gasteiger charge is -2.19. The number of unbranched alkanes of at least 4 members (excludes halogenated alkanes) is 4. The van der Waals surface area contributed by atoms with E-state index in [1.165, 1.54) is 37.7 Å². The standard InChI is InChI=1S/C15H25ClN2/c1-3-4-5-6-7-11-15(18-17)13-9-8-10-14(16)12(13)2/h8-10,15,18H,3-7,11,17H2,1-2H3. The molecule has 0 aliphatic carbocycles. The number of rotatable bonds is 8. The molecule has 0 heterocycles. The van der Waals surface area contributed by atoms with Gasteiger partial charge in [-0.3, -0.25) is 11.3 Å². The van der Waals surface area contributed by atoms with E-state index in [-0.39, 0.29) is 6.04 Å². The van der Waals surface area contributed by atoms with Gasteiger partial charge in [0.1, 0.15) is 0 Å². The quantitative estimate of drug-likeness (QED) is 0.413. The molecule has 0 bridgehead atoms. The zero-order valence-corrected chi connectivity index (χ0v) is 12.3. The lowest BCUT2D eigenvalue weighted by molar-refractivity contribution is 0.477. The molecule has 0 saturated heterocycles. The summed E-state index contributed by atoms with van der Waals surface area (Å²) in [4.78, 5) is 0. The summed E-state index contributed by atoms with van der Waals surface area (Å²) in [5, 5.41) is 0.818. The molecule has 0 fully saturated rings. The highest BCUT2D eigenvalue weighted by molar-refractivity contribution is 6.31. The second-order valence-corrected chi connectivity index (χ2v) is 5.28. The van der Waals surface area contributed by atoms with Gasteiger partial charge in [-0.2, -0.15) is 0 Å². The minimum absolute atomic E-state index is 0.213. The second kappa shape index (κ2) is 8.52. The zero-order chi connectivity index (χ0) is 13.4. The third-order valence-corrected chi connectivity index (χ3v) is 3.89. The van der Waals surface area contributed by atoms with Crippen molar-refractivity contribution in [3.8, 4) is 0 Å². The zero-order valence-electron chi connectivity index (χ0n) is 11.5. The van der Waals surface area contributed by atoms with Gasteiger partial charge in [0.25, 0.3) is 0 Å². The van der Waals surface area contributed by atoms with Crippen LogP contribution in [0.25, 0.3) is 0 Å². The Bertz CT molecular complexity index is 352. The van der Waals surface area contributed by atoms with Crippen molar-refractivity contribution in [2.75, 3.05) is 0 Å². The smallest absolute Gasteiger partial charge is 0.0463 e. The molecule has 0 radical (unpaired) electrons. The summed E-state index contributed by atoms with van der Waals surface area (Å²) < 4.78 is 0. The maximum Gasteiger partial charge on any atom is 0.0463 e. The average molecular weight is 269 g/mol. The Balaban J connectivity index is 2.52. The fourth-order valence-electron chi connectivity index (χ4n) is 2.28. The highest BCUT2D eigenvalue weighted by atomic mass is 35.5. The Morgan fingerprint density at radius 3 is 2.61 bits per heavy atom. The van der Waals surface area contributed by atoms with Crippen molar-refractivity contribution < 1.29 is 0 Å². The normalized spacial score (nSPS) is 12.7. The highest BCUT2D eigenvalue weighted by Crippen LogP contribution is 2.27. The van der Waals surface area contributed by atoms with Crippen molar-refractivity contribution >= 4 is 11.6 Å². The first-order chi connectivity index (χ1) is 8.70. The molecule has 102 valence electrons. The van der Waals surface area contributed by atoms with E-state index < -0.39 is 0 Å².